The Hall–Kier alpha value is -1.69. The van der Waals surface area contributed by atoms with Crippen LogP contribution >= 0.6 is 0 Å². The molecule has 2 N–H and O–H groups in total. The molecular weight excluding hydrogens is 210 g/mol. The van der Waals surface area contributed by atoms with Gasteiger partial charge in [-0.15, -0.1) is 0 Å². The summed E-state index contributed by atoms with van der Waals surface area (Å²) >= 11 is 0. The fraction of sp³-hybridized carbons (Fsp3) is 0.556. The fourth-order valence-electron chi connectivity index (χ4n) is 1.22. The van der Waals surface area contributed by atoms with Gasteiger partial charge < -0.3 is 10.2 Å². The van der Waals surface area contributed by atoms with Crippen molar-refractivity contribution in [3.63, 3.8) is 0 Å². The molecule has 0 bridgehead atoms. The molecule has 0 saturated carbocycles. The zero-order valence-corrected chi connectivity index (χ0v) is 8.85. The Kier molecular flexibility index (Phi) is 4.65. The smallest absolute Gasteiger partial charge is 0.123 e. The van der Waals surface area contributed by atoms with Crippen LogP contribution in [-0.4, -0.2) is 32.8 Å². The zero-order valence-electron chi connectivity index (χ0n) is 8.85. The maximum atomic E-state index is 9.73. The van der Waals surface area contributed by atoms with Gasteiger partial charge in [0.25, 0.3) is 0 Å². The Balaban J connectivity index is 2.62. The van der Waals surface area contributed by atoms with Crippen molar-refractivity contribution in [1.82, 2.24) is 9.97 Å². The molecule has 1 aromatic heterocycles. The SMILES string of the molecule is Cc1cncc(C(O)C(O)CCN=[N+]=[N-])n1. The second kappa shape index (κ2) is 6.02. The first-order valence-corrected chi connectivity index (χ1v) is 4.80. The molecule has 0 aliphatic rings. The number of nitrogens with zero attached hydrogens (tertiary/aromatic N) is 5. The van der Waals surface area contributed by atoms with Crippen LogP contribution in [0, 0.1) is 6.92 Å². The number of aliphatic hydroxyl groups is 2. The predicted octanol–water partition coefficient (Wildman–Crippen LogP) is 0.880. The number of aliphatic hydroxyl groups excluding tert-OH is 2. The molecule has 2 unspecified atom stereocenters. The number of aryl methyl sites for hydroxylation is 1. The molecule has 0 spiro atoms. The van der Waals surface area contributed by atoms with E-state index in [-0.39, 0.29) is 13.0 Å². The number of hydrogen-bond donors (Lipinski definition) is 2. The first-order chi connectivity index (χ1) is 7.65. The van der Waals surface area contributed by atoms with Crippen LogP contribution < -0.4 is 0 Å². The summed E-state index contributed by atoms with van der Waals surface area (Å²) in [6.45, 7) is 1.88. The average Bonchev–Trinajstić information content (AvgIpc) is 2.28. The van der Waals surface area contributed by atoms with Gasteiger partial charge in [-0.2, -0.15) is 0 Å². The first kappa shape index (κ1) is 12.4. The van der Waals surface area contributed by atoms with E-state index in [1.807, 2.05) is 0 Å². The lowest BCUT2D eigenvalue weighted by Gasteiger charge is -2.16. The lowest BCUT2D eigenvalue weighted by atomic mass is 10.1. The van der Waals surface area contributed by atoms with E-state index >= 15 is 0 Å². The highest BCUT2D eigenvalue weighted by Crippen LogP contribution is 2.16. The fourth-order valence-corrected chi connectivity index (χ4v) is 1.22. The van der Waals surface area contributed by atoms with Gasteiger partial charge in [0.15, 0.2) is 0 Å². The summed E-state index contributed by atoms with van der Waals surface area (Å²) in [6.07, 6.45) is 1.01. The van der Waals surface area contributed by atoms with E-state index in [0.29, 0.717) is 11.4 Å². The summed E-state index contributed by atoms with van der Waals surface area (Å²) in [5.74, 6) is 0. The minimum atomic E-state index is -1.11. The quantitative estimate of drug-likeness (QED) is 0.438. The van der Waals surface area contributed by atoms with Gasteiger partial charge in [-0.3, -0.25) is 9.97 Å². The van der Waals surface area contributed by atoms with Gasteiger partial charge in [-0.05, 0) is 18.9 Å². The summed E-state index contributed by atoms with van der Waals surface area (Å²) in [7, 11) is 0. The third kappa shape index (κ3) is 3.47. The molecule has 0 saturated heterocycles. The van der Waals surface area contributed by atoms with Crippen molar-refractivity contribution >= 4 is 0 Å². The van der Waals surface area contributed by atoms with E-state index < -0.39 is 12.2 Å². The third-order valence-electron chi connectivity index (χ3n) is 2.03. The molecule has 7 heteroatoms. The van der Waals surface area contributed by atoms with Gasteiger partial charge in [0, 0.05) is 17.7 Å². The van der Waals surface area contributed by atoms with Gasteiger partial charge in [-0.1, -0.05) is 5.11 Å². The van der Waals surface area contributed by atoms with E-state index in [2.05, 4.69) is 20.0 Å². The van der Waals surface area contributed by atoms with E-state index in [0.717, 1.165) is 0 Å². The van der Waals surface area contributed by atoms with E-state index in [1.165, 1.54) is 6.20 Å². The molecule has 0 fully saturated rings. The lowest BCUT2D eigenvalue weighted by molar-refractivity contribution is 0.0122. The normalized spacial score (nSPS) is 13.9. The Labute approximate surface area is 92.4 Å². The van der Waals surface area contributed by atoms with Crippen LogP contribution in [0.1, 0.15) is 23.9 Å². The van der Waals surface area contributed by atoms with Gasteiger partial charge in [-0.25, -0.2) is 0 Å². The summed E-state index contributed by atoms with van der Waals surface area (Å²) < 4.78 is 0. The lowest BCUT2D eigenvalue weighted by Crippen LogP contribution is -2.20. The topological polar surface area (TPSA) is 115 Å². The van der Waals surface area contributed by atoms with E-state index in [9.17, 15) is 10.2 Å². The maximum absolute atomic E-state index is 9.73. The van der Waals surface area contributed by atoms with Gasteiger partial charge in [0.1, 0.15) is 6.10 Å². The average molecular weight is 223 g/mol. The summed E-state index contributed by atoms with van der Waals surface area (Å²) in [5, 5.41) is 22.6. The number of rotatable bonds is 5. The number of aromatic nitrogens is 2. The minimum absolute atomic E-state index is 0.133. The van der Waals surface area contributed by atoms with Crippen LogP contribution in [0.4, 0.5) is 0 Å². The molecule has 1 rings (SSSR count). The molecule has 86 valence electrons. The molecule has 16 heavy (non-hydrogen) atoms. The van der Waals surface area contributed by atoms with Crippen LogP contribution in [0.15, 0.2) is 17.5 Å². The van der Waals surface area contributed by atoms with Gasteiger partial charge >= 0.3 is 0 Å². The first-order valence-electron chi connectivity index (χ1n) is 4.80. The predicted molar refractivity (Wildman–Crippen MR) is 56.4 cm³/mol. The van der Waals surface area contributed by atoms with Crippen LogP contribution in [0.25, 0.3) is 10.4 Å². The molecule has 0 amide bonds. The third-order valence-corrected chi connectivity index (χ3v) is 2.03. The Bertz CT molecular complexity index is 391. The Morgan fingerprint density at radius 1 is 1.50 bits per heavy atom. The molecule has 7 nitrogen and oxygen atoms in total. The molecule has 0 aliphatic carbocycles. The van der Waals surface area contributed by atoms with Gasteiger partial charge in [0.2, 0.25) is 0 Å². The van der Waals surface area contributed by atoms with Crippen molar-refractivity contribution in [2.24, 2.45) is 5.11 Å². The highest BCUT2D eigenvalue weighted by molar-refractivity contribution is 5.05. The summed E-state index contributed by atoms with van der Waals surface area (Å²) in [6, 6.07) is 0. The van der Waals surface area contributed by atoms with Crippen molar-refractivity contribution in [2.75, 3.05) is 6.54 Å². The second-order valence-corrected chi connectivity index (χ2v) is 3.34. The van der Waals surface area contributed by atoms with Crippen LogP contribution in [0.5, 0.6) is 0 Å². The van der Waals surface area contributed by atoms with Crippen LogP contribution in [0.3, 0.4) is 0 Å². The van der Waals surface area contributed by atoms with Crippen LogP contribution in [-0.2, 0) is 0 Å². The Morgan fingerprint density at radius 2 is 2.25 bits per heavy atom. The van der Waals surface area contributed by atoms with Crippen molar-refractivity contribution in [2.45, 2.75) is 25.6 Å². The highest BCUT2D eigenvalue weighted by atomic mass is 16.3. The second-order valence-electron chi connectivity index (χ2n) is 3.34. The van der Waals surface area contributed by atoms with Crippen molar-refractivity contribution < 1.29 is 10.2 Å². The summed E-state index contributed by atoms with van der Waals surface area (Å²) in [4.78, 5) is 10.5. The summed E-state index contributed by atoms with van der Waals surface area (Å²) in [5.41, 5.74) is 9.04. The maximum Gasteiger partial charge on any atom is 0.123 e. The molecule has 0 radical (unpaired) electrons. The zero-order chi connectivity index (χ0) is 12.0. The Morgan fingerprint density at radius 3 is 2.88 bits per heavy atom. The minimum Gasteiger partial charge on any atom is -0.390 e. The molecule has 1 heterocycles. The van der Waals surface area contributed by atoms with Crippen molar-refractivity contribution in [3.8, 4) is 0 Å². The van der Waals surface area contributed by atoms with Crippen LogP contribution in [0.2, 0.25) is 0 Å². The van der Waals surface area contributed by atoms with Gasteiger partial charge in [0.05, 0.1) is 23.7 Å². The number of hydrogen-bond acceptors (Lipinski definition) is 5. The van der Waals surface area contributed by atoms with E-state index in [1.54, 1.807) is 13.1 Å². The molecule has 0 aromatic carbocycles. The molecule has 0 aliphatic heterocycles. The highest BCUT2D eigenvalue weighted by Gasteiger charge is 2.19. The van der Waals surface area contributed by atoms with Crippen molar-refractivity contribution in [1.29, 1.82) is 0 Å². The van der Waals surface area contributed by atoms with Crippen molar-refractivity contribution in [3.05, 3.63) is 34.2 Å². The van der Waals surface area contributed by atoms with E-state index in [4.69, 9.17) is 5.53 Å². The molecule has 2 atom stereocenters. The largest absolute Gasteiger partial charge is 0.390 e. The standard InChI is InChI=1S/C9H13N5O2/c1-6-4-11-5-7(13-6)9(16)8(15)2-3-12-14-10/h4-5,8-9,15-16H,2-3H2,1H3. The molecular formula is C9H13N5O2. The number of azide groups is 1. The monoisotopic (exact) mass is 223 g/mol. The molecule has 1 aromatic rings.